The molecule has 0 aromatic heterocycles. The van der Waals surface area contributed by atoms with Gasteiger partial charge in [0.25, 0.3) is 0 Å². The predicted molar refractivity (Wildman–Crippen MR) is 52.6 cm³/mol. The summed E-state index contributed by atoms with van der Waals surface area (Å²) < 4.78 is 10.8. The molecule has 0 radical (unpaired) electrons. The molecule has 0 bridgehead atoms. The zero-order valence-corrected chi connectivity index (χ0v) is 8.79. The fraction of sp³-hybridized carbons (Fsp3) is 1.00. The third-order valence-corrected chi connectivity index (χ3v) is 1.67. The zero-order chi connectivity index (χ0) is 9.94. The highest BCUT2D eigenvalue weighted by Gasteiger charge is 2.07. The molecule has 0 aromatic rings. The van der Waals surface area contributed by atoms with Crippen LogP contribution in [0.5, 0.6) is 0 Å². The molecule has 1 atom stereocenters. The van der Waals surface area contributed by atoms with Gasteiger partial charge in [0.05, 0.1) is 0 Å². The van der Waals surface area contributed by atoms with Gasteiger partial charge in [-0.15, -0.1) is 0 Å². The van der Waals surface area contributed by atoms with Crippen molar-refractivity contribution >= 4 is 0 Å². The van der Waals surface area contributed by atoms with Crippen LogP contribution in [-0.4, -0.2) is 31.2 Å². The molecular formula is C10H22O3. The van der Waals surface area contributed by atoms with E-state index in [2.05, 4.69) is 13.8 Å². The van der Waals surface area contributed by atoms with E-state index in [0.717, 1.165) is 25.9 Å². The summed E-state index contributed by atoms with van der Waals surface area (Å²) in [4.78, 5) is 0. The van der Waals surface area contributed by atoms with E-state index in [1.165, 1.54) is 0 Å². The second-order valence-corrected chi connectivity index (χ2v) is 3.04. The van der Waals surface area contributed by atoms with Gasteiger partial charge in [0.2, 0.25) is 0 Å². The quantitative estimate of drug-likeness (QED) is 0.446. The molecule has 1 N–H and O–H groups in total. The van der Waals surface area contributed by atoms with Crippen molar-refractivity contribution in [3.05, 3.63) is 0 Å². The second-order valence-electron chi connectivity index (χ2n) is 3.04. The monoisotopic (exact) mass is 190 g/mol. The SMILES string of the molecule is CCCCOC(CCO)OCCC. The maximum atomic E-state index is 8.73. The van der Waals surface area contributed by atoms with Crippen LogP contribution in [0.1, 0.15) is 39.5 Å². The standard InChI is InChI=1S/C10H22O3/c1-3-5-9-13-10(6-7-11)12-8-4-2/h10-11H,3-9H2,1-2H3. The topological polar surface area (TPSA) is 38.7 Å². The van der Waals surface area contributed by atoms with Crippen molar-refractivity contribution in [3.8, 4) is 0 Å². The fourth-order valence-electron chi connectivity index (χ4n) is 0.929. The van der Waals surface area contributed by atoms with Crippen LogP contribution < -0.4 is 0 Å². The van der Waals surface area contributed by atoms with Gasteiger partial charge in [0.1, 0.15) is 0 Å². The van der Waals surface area contributed by atoms with Gasteiger partial charge in [-0.3, -0.25) is 0 Å². The highest BCUT2D eigenvalue weighted by Crippen LogP contribution is 2.02. The number of rotatable bonds is 9. The third kappa shape index (κ3) is 8.22. The van der Waals surface area contributed by atoms with Gasteiger partial charge < -0.3 is 14.6 Å². The fourth-order valence-corrected chi connectivity index (χ4v) is 0.929. The summed E-state index contributed by atoms with van der Waals surface area (Å²) >= 11 is 0. The van der Waals surface area contributed by atoms with Crippen LogP contribution in [0.15, 0.2) is 0 Å². The molecule has 0 aromatic carbocycles. The van der Waals surface area contributed by atoms with Crippen LogP contribution in [0.25, 0.3) is 0 Å². The second kappa shape index (κ2) is 9.96. The lowest BCUT2D eigenvalue weighted by Gasteiger charge is -2.16. The van der Waals surface area contributed by atoms with Crippen LogP contribution in [0, 0.1) is 0 Å². The smallest absolute Gasteiger partial charge is 0.159 e. The Morgan fingerprint density at radius 3 is 2.31 bits per heavy atom. The van der Waals surface area contributed by atoms with Gasteiger partial charge in [-0.1, -0.05) is 20.3 Å². The van der Waals surface area contributed by atoms with E-state index in [1.54, 1.807) is 0 Å². The highest BCUT2D eigenvalue weighted by molar-refractivity contribution is 4.44. The van der Waals surface area contributed by atoms with E-state index in [0.29, 0.717) is 13.0 Å². The van der Waals surface area contributed by atoms with Gasteiger partial charge >= 0.3 is 0 Å². The highest BCUT2D eigenvalue weighted by atomic mass is 16.7. The van der Waals surface area contributed by atoms with Crippen molar-refractivity contribution in [2.24, 2.45) is 0 Å². The maximum Gasteiger partial charge on any atom is 0.159 e. The lowest BCUT2D eigenvalue weighted by atomic mass is 10.3. The maximum absolute atomic E-state index is 8.73. The van der Waals surface area contributed by atoms with Crippen LogP contribution in [0.2, 0.25) is 0 Å². The number of unbranched alkanes of at least 4 members (excludes halogenated alkanes) is 1. The predicted octanol–water partition coefficient (Wildman–Crippen LogP) is 1.94. The Bertz CT molecular complexity index is 96.2. The molecule has 0 fully saturated rings. The molecule has 0 heterocycles. The molecule has 0 aliphatic rings. The van der Waals surface area contributed by atoms with Crippen LogP contribution in [0.3, 0.4) is 0 Å². The van der Waals surface area contributed by atoms with Gasteiger partial charge in [-0.05, 0) is 12.8 Å². The van der Waals surface area contributed by atoms with Crippen molar-refractivity contribution in [3.63, 3.8) is 0 Å². The lowest BCUT2D eigenvalue weighted by molar-refractivity contribution is -0.150. The molecule has 3 heteroatoms. The summed E-state index contributed by atoms with van der Waals surface area (Å²) in [5.74, 6) is 0. The molecule has 0 aliphatic carbocycles. The van der Waals surface area contributed by atoms with Crippen molar-refractivity contribution in [2.45, 2.75) is 45.8 Å². The number of hydrogen-bond donors (Lipinski definition) is 1. The summed E-state index contributed by atoms with van der Waals surface area (Å²) in [6.45, 7) is 5.74. The lowest BCUT2D eigenvalue weighted by Crippen LogP contribution is -2.19. The van der Waals surface area contributed by atoms with Crippen molar-refractivity contribution < 1.29 is 14.6 Å². The van der Waals surface area contributed by atoms with Gasteiger partial charge in [0, 0.05) is 26.2 Å². The first kappa shape index (κ1) is 12.9. The Kier molecular flexibility index (Phi) is 9.87. The summed E-state index contributed by atoms with van der Waals surface area (Å²) in [6, 6.07) is 0. The molecule has 0 aliphatic heterocycles. The zero-order valence-electron chi connectivity index (χ0n) is 8.79. The van der Waals surface area contributed by atoms with E-state index >= 15 is 0 Å². The minimum absolute atomic E-state index is 0.126. The Labute approximate surface area is 81.0 Å². The molecule has 1 unspecified atom stereocenters. The Hall–Kier alpha value is -0.120. The first-order chi connectivity index (χ1) is 6.35. The Morgan fingerprint density at radius 2 is 1.77 bits per heavy atom. The number of aliphatic hydroxyl groups is 1. The molecule has 3 nitrogen and oxygen atoms in total. The Morgan fingerprint density at radius 1 is 1.08 bits per heavy atom. The molecule has 0 rings (SSSR count). The van der Waals surface area contributed by atoms with Crippen molar-refractivity contribution in [2.75, 3.05) is 19.8 Å². The van der Waals surface area contributed by atoms with Crippen LogP contribution in [-0.2, 0) is 9.47 Å². The summed E-state index contributed by atoms with van der Waals surface area (Å²) in [5.41, 5.74) is 0. The average molecular weight is 190 g/mol. The molecule has 0 saturated heterocycles. The summed E-state index contributed by atoms with van der Waals surface area (Å²) in [5, 5.41) is 8.73. The van der Waals surface area contributed by atoms with Crippen molar-refractivity contribution in [1.82, 2.24) is 0 Å². The number of ether oxygens (including phenoxy) is 2. The van der Waals surface area contributed by atoms with E-state index in [9.17, 15) is 0 Å². The largest absolute Gasteiger partial charge is 0.396 e. The van der Waals surface area contributed by atoms with E-state index < -0.39 is 0 Å². The molecule has 0 saturated carbocycles. The normalized spacial score (nSPS) is 13.2. The summed E-state index contributed by atoms with van der Waals surface area (Å²) in [7, 11) is 0. The average Bonchev–Trinajstić information content (AvgIpc) is 2.14. The molecular weight excluding hydrogens is 168 g/mol. The van der Waals surface area contributed by atoms with Gasteiger partial charge in [-0.2, -0.15) is 0 Å². The number of hydrogen-bond acceptors (Lipinski definition) is 3. The molecule has 13 heavy (non-hydrogen) atoms. The van der Waals surface area contributed by atoms with E-state index in [1.807, 2.05) is 0 Å². The first-order valence-corrected chi connectivity index (χ1v) is 5.19. The van der Waals surface area contributed by atoms with Gasteiger partial charge in [-0.25, -0.2) is 0 Å². The number of aliphatic hydroxyl groups excluding tert-OH is 1. The minimum atomic E-state index is -0.212. The summed E-state index contributed by atoms with van der Waals surface area (Å²) in [6.07, 6.45) is 3.52. The molecule has 80 valence electrons. The first-order valence-electron chi connectivity index (χ1n) is 5.19. The molecule has 0 spiro atoms. The van der Waals surface area contributed by atoms with E-state index in [-0.39, 0.29) is 12.9 Å². The minimum Gasteiger partial charge on any atom is -0.396 e. The Balaban J connectivity index is 3.41. The van der Waals surface area contributed by atoms with Crippen LogP contribution >= 0.6 is 0 Å². The molecule has 0 amide bonds. The van der Waals surface area contributed by atoms with Crippen molar-refractivity contribution in [1.29, 1.82) is 0 Å². The van der Waals surface area contributed by atoms with Crippen LogP contribution in [0.4, 0.5) is 0 Å². The van der Waals surface area contributed by atoms with E-state index in [4.69, 9.17) is 14.6 Å². The third-order valence-electron chi connectivity index (χ3n) is 1.67. The van der Waals surface area contributed by atoms with Gasteiger partial charge in [0.15, 0.2) is 6.29 Å².